The first-order valence-corrected chi connectivity index (χ1v) is 6.39. The number of rotatable bonds is 6. The lowest BCUT2D eigenvalue weighted by Crippen LogP contribution is -2.31. The second kappa shape index (κ2) is 7.25. The topological polar surface area (TPSA) is 36.3 Å². The van der Waals surface area contributed by atoms with Gasteiger partial charge in [-0.05, 0) is 24.1 Å². The fourth-order valence-corrected chi connectivity index (χ4v) is 1.98. The Bertz CT molecular complexity index is 426. The Morgan fingerprint density at radius 2 is 2.17 bits per heavy atom. The zero-order valence-electron chi connectivity index (χ0n) is 11.1. The number of anilines is 1. The number of nitriles is 1. The third kappa shape index (κ3) is 4.21. The Morgan fingerprint density at radius 3 is 2.72 bits per heavy atom. The zero-order chi connectivity index (χ0) is 13.5. The molecule has 0 aliphatic rings. The Hall–Kier alpha value is -1.24. The molecule has 98 valence electrons. The lowest BCUT2D eigenvalue weighted by molar-refractivity contribution is 0.204. The average molecular weight is 267 g/mol. The summed E-state index contributed by atoms with van der Waals surface area (Å²) in [6.45, 7) is 6.55. The maximum atomic E-state index is 9.17. The number of methoxy groups -OCH3 is 1. The van der Waals surface area contributed by atoms with E-state index in [0.717, 1.165) is 18.8 Å². The third-order valence-electron chi connectivity index (χ3n) is 2.57. The summed E-state index contributed by atoms with van der Waals surface area (Å²) in [6, 6.07) is 7.56. The van der Waals surface area contributed by atoms with Gasteiger partial charge in [-0.1, -0.05) is 25.4 Å². The molecular formula is C14H19ClN2O. The molecule has 0 atom stereocenters. The number of ether oxygens (including phenoxy) is 1. The van der Waals surface area contributed by atoms with Crippen LogP contribution in [-0.2, 0) is 4.74 Å². The average Bonchev–Trinajstić information content (AvgIpc) is 2.34. The molecule has 18 heavy (non-hydrogen) atoms. The molecule has 4 heteroatoms. The molecule has 0 bridgehead atoms. The van der Waals surface area contributed by atoms with Crippen molar-refractivity contribution >= 4 is 17.3 Å². The van der Waals surface area contributed by atoms with Crippen molar-refractivity contribution in [3.05, 3.63) is 28.8 Å². The Kier molecular flexibility index (Phi) is 5.97. The lowest BCUT2D eigenvalue weighted by atomic mass is 10.1. The number of benzene rings is 1. The van der Waals surface area contributed by atoms with Gasteiger partial charge in [0.2, 0.25) is 0 Å². The highest BCUT2D eigenvalue weighted by Gasteiger charge is 2.13. The van der Waals surface area contributed by atoms with Crippen LogP contribution in [0.1, 0.15) is 19.4 Å². The molecule has 0 aliphatic carbocycles. The Balaban J connectivity index is 3.02. The fraction of sp³-hybridized carbons (Fsp3) is 0.500. The molecule has 0 spiro atoms. The first-order valence-electron chi connectivity index (χ1n) is 6.02. The van der Waals surface area contributed by atoms with Crippen molar-refractivity contribution < 1.29 is 4.74 Å². The minimum atomic E-state index is 0.507. The molecule has 0 amide bonds. The van der Waals surface area contributed by atoms with Crippen LogP contribution in [0.15, 0.2) is 18.2 Å². The summed E-state index contributed by atoms with van der Waals surface area (Å²) < 4.78 is 5.12. The van der Waals surface area contributed by atoms with Crippen molar-refractivity contribution in [2.75, 3.05) is 31.7 Å². The van der Waals surface area contributed by atoms with Crippen LogP contribution in [0.4, 0.5) is 5.69 Å². The highest BCUT2D eigenvalue weighted by atomic mass is 35.5. The number of halogens is 1. The van der Waals surface area contributed by atoms with Crippen molar-refractivity contribution in [3.8, 4) is 6.07 Å². The van der Waals surface area contributed by atoms with E-state index in [1.165, 1.54) is 0 Å². The van der Waals surface area contributed by atoms with Crippen LogP contribution >= 0.6 is 11.6 Å². The maximum Gasteiger partial charge on any atom is 0.101 e. The molecule has 0 radical (unpaired) electrons. The van der Waals surface area contributed by atoms with Gasteiger partial charge in [-0.25, -0.2) is 0 Å². The van der Waals surface area contributed by atoms with Crippen molar-refractivity contribution in [1.82, 2.24) is 0 Å². The Morgan fingerprint density at radius 1 is 1.44 bits per heavy atom. The SMILES string of the molecule is COCCN(CC(C)C)c1cc(Cl)ccc1C#N. The fourth-order valence-electron chi connectivity index (χ4n) is 1.81. The van der Waals surface area contributed by atoms with Gasteiger partial charge < -0.3 is 9.64 Å². The summed E-state index contributed by atoms with van der Waals surface area (Å²) >= 11 is 6.02. The summed E-state index contributed by atoms with van der Waals surface area (Å²) in [6.07, 6.45) is 0. The van der Waals surface area contributed by atoms with Crippen molar-refractivity contribution in [1.29, 1.82) is 5.26 Å². The molecule has 0 fully saturated rings. The maximum absolute atomic E-state index is 9.17. The van der Waals surface area contributed by atoms with Gasteiger partial charge in [-0.15, -0.1) is 0 Å². The minimum absolute atomic E-state index is 0.507. The van der Waals surface area contributed by atoms with Gasteiger partial charge >= 0.3 is 0 Å². The van der Waals surface area contributed by atoms with Gasteiger partial charge in [0.05, 0.1) is 17.9 Å². The molecule has 0 aliphatic heterocycles. The first-order chi connectivity index (χ1) is 8.58. The van der Waals surface area contributed by atoms with E-state index in [9.17, 15) is 0 Å². The minimum Gasteiger partial charge on any atom is -0.383 e. The van der Waals surface area contributed by atoms with E-state index in [1.54, 1.807) is 19.2 Å². The van der Waals surface area contributed by atoms with Gasteiger partial charge in [0, 0.05) is 25.2 Å². The molecule has 0 heterocycles. The highest BCUT2D eigenvalue weighted by Crippen LogP contribution is 2.25. The molecule has 3 nitrogen and oxygen atoms in total. The van der Waals surface area contributed by atoms with Gasteiger partial charge in [-0.3, -0.25) is 0 Å². The van der Waals surface area contributed by atoms with E-state index in [-0.39, 0.29) is 0 Å². The molecule has 0 saturated carbocycles. The van der Waals surface area contributed by atoms with Crippen LogP contribution in [0.2, 0.25) is 5.02 Å². The summed E-state index contributed by atoms with van der Waals surface area (Å²) in [7, 11) is 1.68. The van der Waals surface area contributed by atoms with Crippen molar-refractivity contribution in [2.45, 2.75) is 13.8 Å². The number of hydrogen-bond acceptors (Lipinski definition) is 3. The van der Waals surface area contributed by atoms with Crippen LogP contribution < -0.4 is 4.90 Å². The van der Waals surface area contributed by atoms with E-state index >= 15 is 0 Å². The van der Waals surface area contributed by atoms with Crippen molar-refractivity contribution in [2.24, 2.45) is 5.92 Å². The Labute approximate surface area is 114 Å². The molecule has 0 unspecified atom stereocenters. The van der Waals surface area contributed by atoms with Crippen LogP contribution in [0.25, 0.3) is 0 Å². The van der Waals surface area contributed by atoms with Gasteiger partial charge in [-0.2, -0.15) is 5.26 Å². The largest absolute Gasteiger partial charge is 0.383 e. The van der Waals surface area contributed by atoms with Gasteiger partial charge in [0.15, 0.2) is 0 Å². The first kappa shape index (κ1) is 14.8. The van der Waals surface area contributed by atoms with Gasteiger partial charge in [0.1, 0.15) is 6.07 Å². The second-order valence-corrected chi connectivity index (χ2v) is 5.04. The summed E-state index contributed by atoms with van der Waals surface area (Å²) in [4.78, 5) is 2.15. The van der Waals surface area contributed by atoms with E-state index < -0.39 is 0 Å². The smallest absolute Gasteiger partial charge is 0.101 e. The summed E-state index contributed by atoms with van der Waals surface area (Å²) in [5.41, 5.74) is 1.53. The third-order valence-corrected chi connectivity index (χ3v) is 2.81. The lowest BCUT2D eigenvalue weighted by Gasteiger charge is -2.27. The van der Waals surface area contributed by atoms with E-state index in [1.807, 2.05) is 6.07 Å². The molecule has 1 rings (SSSR count). The van der Waals surface area contributed by atoms with E-state index in [0.29, 0.717) is 23.1 Å². The summed E-state index contributed by atoms with van der Waals surface area (Å²) in [5.74, 6) is 0.507. The van der Waals surface area contributed by atoms with Crippen LogP contribution in [0.5, 0.6) is 0 Å². The molecule has 1 aromatic rings. The van der Waals surface area contributed by atoms with E-state index in [2.05, 4.69) is 24.8 Å². The quantitative estimate of drug-likeness (QED) is 0.792. The summed E-state index contributed by atoms with van der Waals surface area (Å²) in [5, 5.41) is 9.82. The molecule has 1 aromatic carbocycles. The molecule has 0 saturated heterocycles. The number of nitrogens with zero attached hydrogens (tertiary/aromatic N) is 2. The zero-order valence-corrected chi connectivity index (χ0v) is 11.9. The van der Waals surface area contributed by atoms with Crippen LogP contribution in [-0.4, -0.2) is 26.8 Å². The predicted octanol–water partition coefficient (Wildman–Crippen LogP) is 3.32. The normalized spacial score (nSPS) is 10.4. The molecule has 0 N–H and O–H groups in total. The standard InChI is InChI=1S/C14H19ClN2O/c1-11(2)10-17(6-7-18-3)14-8-13(15)5-4-12(14)9-16/h4-5,8,11H,6-7,10H2,1-3H3. The van der Waals surface area contributed by atoms with Crippen molar-refractivity contribution in [3.63, 3.8) is 0 Å². The van der Waals surface area contributed by atoms with Crippen LogP contribution in [0.3, 0.4) is 0 Å². The molecular weight excluding hydrogens is 248 g/mol. The highest BCUT2D eigenvalue weighted by molar-refractivity contribution is 6.30. The predicted molar refractivity (Wildman–Crippen MR) is 75.1 cm³/mol. The number of hydrogen-bond donors (Lipinski definition) is 0. The van der Waals surface area contributed by atoms with Gasteiger partial charge in [0.25, 0.3) is 0 Å². The molecule has 0 aromatic heterocycles. The monoisotopic (exact) mass is 266 g/mol. The van der Waals surface area contributed by atoms with E-state index in [4.69, 9.17) is 21.6 Å². The van der Waals surface area contributed by atoms with Crippen LogP contribution in [0, 0.1) is 17.2 Å². The second-order valence-electron chi connectivity index (χ2n) is 4.61.